The molecule has 21 heteroatoms. The van der Waals surface area contributed by atoms with Gasteiger partial charge in [-0.1, -0.05) is 84.3 Å². The predicted octanol–water partition coefficient (Wildman–Crippen LogP) is 2.31. The van der Waals surface area contributed by atoms with E-state index in [0.717, 1.165) is 25.3 Å². The fourth-order valence-electron chi connectivity index (χ4n) is 6.51. The number of allylic oxidation sites excluding steroid dienone is 4. The first-order valence-corrected chi connectivity index (χ1v) is 23.3. The second kappa shape index (κ2) is 32.5. The molecule has 0 saturated carbocycles. The van der Waals surface area contributed by atoms with Crippen LogP contribution in [-0.4, -0.2) is 117 Å². The van der Waals surface area contributed by atoms with E-state index < -0.39 is 109 Å². The van der Waals surface area contributed by atoms with Gasteiger partial charge in [0.25, 0.3) is 5.91 Å². The summed E-state index contributed by atoms with van der Waals surface area (Å²) in [6, 6.07) is -4.67. The van der Waals surface area contributed by atoms with Gasteiger partial charge >= 0.3 is 24.0 Å². The maximum atomic E-state index is 14.2. The highest BCUT2D eigenvalue weighted by atomic mass is 16.6. The Labute approximate surface area is 400 Å². The van der Waals surface area contributed by atoms with E-state index in [2.05, 4.69) is 51.1 Å². The average Bonchev–Trinajstić information content (AvgIpc) is 3.28. The Balaban J connectivity index is 3.68. The van der Waals surface area contributed by atoms with Gasteiger partial charge in [-0.25, -0.2) is 9.59 Å². The summed E-state index contributed by atoms with van der Waals surface area (Å²) in [5.41, 5.74) is 8.61. The van der Waals surface area contributed by atoms with Gasteiger partial charge in [-0.3, -0.25) is 33.6 Å². The minimum atomic E-state index is -1.56. The van der Waals surface area contributed by atoms with Crippen LogP contribution in [0.5, 0.6) is 0 Å². The first-order valence-electron chi connectivity index (χ1n) is 23.3. The van der Waals surface area contributed by atoms with Crippen molar-refractivity contribution in [3.63, 3.8) is 0 Å². The SMILES string of the molecule is CC/C=C1/NC(=O)/C=C/[C@@H](C(C)CC)OC(=O)C(C)(C)[C@H](C[C@H](/C=C/C=C/CCCCCC(C)C)OC)OC(=O)CNC(=O)[C@H](CNC(N)=O)NC(=O)CNC(=O)C(CCCNC(N)=O)NC1=O. The Kier molecular flexibility index (Phi) is 28.5. The number of rotatable bonds is 20. The number of hydrogen-bond acceptors (Lipinski definition) is 12. The van der Waals surface area contributed by atoms with Gasteiger partial charge in [-0.05, 0) is 70.3 Å². The van der Waals surface area contributed by atoms with Crippen molar-refractivity contribution >= 4 is 53.5 Å². The van der Waals surface area contributed by atoms with Crippen LogP contribution in [0.25, 0.3) is 0 Å². The second-order valence-corrected chi connectivity index (χ2v) is 17.4. The summed E-state index contributed by atoms with van der Waals surface area (Å²) in [6.45, 7) is 10.9. The number of primary amides is 2. The zero-order valence-electron chi connectivity index (χ0n) is 41.0. The monoisotopic (exact) mass is 960 g/mol. The van der Waals surface area contributed by atoms with Crippen molar-refractivity contribution in [2.24, 2.45) is 28.7 Å². The number of carbonyl (C=O) groups excluding carboxylic acids is 9. The smallest absolute Gasteiger partial charge is 0.325 e. The van der Waals surface area contributed by atoms with Crippen LogP contribution in [-0.2, 0) is 47.8 Å². The van der Waals surface area contributed by atoms with Crippen LogP contribution in [0.4, 0.5) is 9.59 Å². The van der Waals surface area contributed by atoms with Crippen molar-refractivity contribution in [1.82, 2.24) is 37.2 Å². The number of cyclic esters (lactones) is 2. The molecule has 68 heavy (non-hydrogen) atoms. The molecule has 1 aliphatic heterocycles. The first kappa shape index (κ1) is 59.8. The number of methoxy groups -OCH3 is 1. The van der Waals surface area contributed by atoms with Crippen molar-refractivity contribution in [3.8, 4) is 0 Å². The Bertz CT molecular complexity index is 1810. The van der Waals surface area contributed by atoms with Gasteiger partial charge in [-0.15, -0.1) is 0 Å². The summed E-state index contributed by atoms with van der Waals surface area (Å²) < 4.78 is 17.6. The number of esters is 2. The quantitative estimate of drug-likeness (QED) is 0.0368. The lowest BCUT2D eigenvalue weighted by molar-refractivity contribution is -0.176. The Morgan fingerprint density at radius 3 is 2.19 bits per heavy atom. The minimum absolute atomic E-state index is 0.0310. The zero-order valence-corrected chi connectivity index (χ0v) is 41.0. The molecule has 0 bridgehead atoms. The molecule has 382 valence electrons. The largest absolute Gasteiger partial charge is 0.460 e. The van der Waals surface area contributed by atoms with Crippen molar-refractivity contribution < 1.29 is 57.4 Å². The Hall–Kier alpha value is -6.25. The number of nitrogens with one attached hydrogen (secondary N) is 7. The standard InChI is InChI=1S/C47H77N9O12/c1-9-19-33-43(62)56-34(22-18-25-50-45(48)64)41(60)51-28-39(58)55-35(27-53-46(49)65)42(61)52-29-40(59)68-37(26-32(66-8)21-17-15-13-11-12-14-16-20-30(3)4)47(6,7)44(63)67-36(31(5)10-2)23-24-38(57)54-33/h13,15,17,19,21,23-24,30-32,34-37H,9-12,14,16,18,20,22,25-29H2,1-8H3,(H,51,60)(H,52,61)(H,54,57)(H,55,58)(H,56,62)(H3,48,50,64)(H3,49,53,65)/b15-13+,21-17+,24-23+,33-19+/t31?,32-,34?,35-,36-,37-/m0/s1. The fourth-order valence-corrected chi connectivity index (χ4v) is 6.51. The molecule has 0 fully saturated rings. The maximum Gasteiger partial charge on any atom is 0.325 e. The summed E-state index contributed by atoms with van der Waals surface area (Å²) >= 11 is 0. The molecule has 1 rings (SSSR count). The molecule has 0 saturated heterocycles. The van der Waals surface area contributed by atoms with Crippen molar-refractivity contribution in [1.29, 1.82) is 0 Å². The summed E-state index contributed by atoms with van der Waals surface area (Å²) in [6.07, 6.45) is 14.8. The molecule has 6 atom stereocenters. The number of ether oxygens (including phenoxy) is 3. The molecule has 0 aromatic rings. The lowest BCUT2D eigenvalue weighted by atomic mass is 9.83. The van der Waals surface area contributed by atoms with E-state index in [1.165, 1.54) is 46.0 Å². The van der Waals surface area contributed by atoms with Crippen LogP contribution >= 0.6 is 0 Å². The lowest BCUT2D eigenvalue weighted by Gasteiger charge is -2.35. The van der Waals surface area contributed by atoms with Crippen LogP contribution in [0.2, 0.25) is 0 Å². The van der Waals surface area contributed by atoms with E-state index in [9.17, 15) is 43.2 Å². The summed E-state index contributed by atoms with van der Waals surface area (Å²) in [7, 11) is 1.46. The predicted molar refractivity (Wildman–Crippen MR) is 255 cm³/mol. The molecule has 2 unspecified atom stereocenters. The third kappa shape index (κ3) is 24.5. The number of nitrogens with two attached hydrogens (primary N) is 2. The van der Waals surface area contributed by atoms with Crippen LogP contribution in [0.15, 0.2) is 48.2 Å². The zero-order chi connectivity index (χ0) is 51.2. The number of amides is 9. The molecular weight excluding hydrogens is 883 g/mol. The first-order chi connectivity index (χ1) is 32.1. The molecule has 0 radical (unpaired) electrons. The molecule has 0 aliphatic carbocycles. The maximum absolute atomic E-state index is 14.2. The normalized spacial score (nSPS) is 22.7. The van der Waals surface area contributed by atoms with E-state index in [1.807, 2.05) is 26.0 Å². The second-order valence-electron chi connectivity index (χ2n) is 17.4. The molecule has 0 spiro atoms. The summed E-state index contributed by atoms with van der Waals surface area (Å²) in [5, 5.41) is 16.7. The molecule has 11 N–H and O–H groups in total. The van der Waals surface area contributed by atoms with Crippen LogP contribution in [0.3, 0.4) is 0 Å². The Morgan fingerprint density at radius 2 is 1.56 bits per heavy atom. The number of urea groups is 2. The van der Waals surface area contributed by atoms with Crippen LogP contribution < -0.4 is 48.7 Å². The van der Waals surface area contributed by atoms with Gasteiger partial charge in [0, 0.05) is 32.7 Å². The van der Waals surface area contributed by atoms with Gasteiger partial charge in [-0.2, -0.15) is 0 Å². The molecule has 0 aromatic carbocycles. The van der Waals surface area contributed by atoms with Crippen molar-refractivity contribution in [3.05, 3.63) is 48.2 Å². The minimum Gasteiger partial charge on any atom is -0.460 e. The molecule has 1 heterocycles. The number of hydrogen-bond donors (Lipinski definition) is 9. The van der Waals surface area contributed by atoms with Gasteiger partial charge < -0.3 is 62.9 Å². The highest BCUT2D eigenvalue weighted by Gasteiger charge is 2.43. The van der Waals surface area contributed by atoms with Gasteiger partial charge in [0.05, 0.1) is 18.1 Å². The summed E-state index contributed by atoms with van der Waals surface area (Å²) in [4.78, 5) is 117. The van der Waals surface area contributed by atoms with Crippen molar-refractivity contribution in [2.75, 3.05) is 33.3 Å². The van der Waals surface area contributed by atoms with E-state index >= 15 is 0 Å². The van der Waals surface area contributed by atoms with Crippen LogP contribution in [0.1, 0.15) is 113 Å². The summed E-state index contributed by atoms with van der Waals surface area (Å²) in [5.74, 6) is -5.74. The van der Waals surface area contributed by atoms with E-state index in [1.54, 1.807) is 19.1 Å². The van der Waals surface area contributed by atoms with Gasteiger partial charge in [0.15, 0.2) is 0 Å². The molecule has 9 amide bonds. The van der Waals surface area contributed by atoms with Gasteiger partial charge in [0.1, 0.15) is 36.5 Å². The lowest BCUT2D eigenvalue weighted by Crippen LogP contribution is -2.56. The average molecular weight is 960 g/mol. The molecule has 0 aromatic heterocycles. The third-order valence-corrected chi connectivity index (χ3v) is 10.9. The van der Waals surface area contributed by atoms with E-state index in [-0.39, 0.29) is 43.8 Å². The van der Waals surface area contributed by atoms with Gasteiger partial charge in [0.2, 0.25) is 23.6 Å². The number of carbonyl (C=O) groups is 9. The number of unbranched alkanes of at least 4 members (excludes halogenated alkanes) is 3. The third-order valence-electron chi connectivity index (χ3n) is 10.9. The van der Waals surface area contributed by atoms with E-state index in [0.29, 0.717) is 12.3 Å². The Morgan fingerprint density at radius 1 is 0.882 bits per heavy atom. The van der Waals surface area contributed by atoms with E-state index in [4.69, 9.17) is 25.7 Å². The molecular formula is C47H77N9O12. The highest BCUT2D eigenvalue weighted by Crippen LogP contribution is 2.31. The van der Waals surface area contributed by atoms with Crippen molar-refractivity contribution in [2.45, 2.75) is 143 Å². The van der Waals surface area contributed by atoms with Crippen LogP contribution in [0, 0.1) is 17.3 Å². The molecule has 21 nitrogen and oxygen atoms in total. The topological polar surface area (TPSA) is 318 Å². The highest BCUT2D eigenvalue weighted by molar-refractivity contribution is 6.02. The fraction of sp³-hybridized carbons (Fsp3) is 0.638. The molecule has 1 aliphatic rings.